The van der Waals surface area contributed by atoms with Crippen LogP contribution in [-0.2, 0) is 17.4 Å². The van der Waals surface area contributed by atoms with Crippen molar-refractivity contribution >= 4 is 11.8 Å². The Hall–Kier alpha value is -3.23. The molecule has 9 heteroatoms. The number of benzene rings is 2. The number of carbonyl (C=O) groups is 2. The van der Waals surface area contributed by atoms with Gasteiger partial charge in [-0.25, -0.2) is 0 Å². The molecule has 0 heterocycles. The monoisotopic (exact) mass is 410 g/mol. The summed E-state index contributed by atoms with van der Waals surface area (Å²) in [5, 5.41) is 4.94. The van der Waals surface area contributed by atoms with Crippen LogP contribution < -0.4 is 20.1 Å². The molecule has 2 N–H and O–H groups in total. The van der Waals surface area contributed by atoms with E-state index >= 15 is 0 Å². The van der Waals surface area contributed by atoms with Crippen LogP contribution in [-0.4, -0.2) is 39.1 Å². The standard InChI is InChI=1S/C20H21F3N2O4/c1-28-16-8-7-14(11-17(16)29-2)19(27)25-12-18(26)24-10-9-13-5-3-4-6-15(13)20(21,22)23/h3-8,11H,9-10,12H2,1-2H3,(H,24,26)(H,25,27). The Kier molecular flexibility index (Phi) is 7.46. The van der Waals surface area contributed by atoms with Gasteiger partial charge in [-0.05, 0) is 36.2 Å². The summed E-state index contributed by atoms with van der Waals surface area (Å²) >= 11 is 0. The Morgan fingerprint density at radius 1 is 0.966 bits per heavy atom. The van der Waals surface area contributed by atoms with Crippen molar-refractivity contribution in [2.24, 2.45) is 0 Å². The first-order chi connectivity index (χ1) is 13.8. The largest absolute Gasteiger partial charge is 0.493 e. The zero-order valence-electron chi connectivity index (χ0n) is 15.9. The summed E-state index contributed by atoms with van der Waals surface area (Å²) in [5.41, 5.74) is -0.361. The van der Waals surface area contributed by atoms with Crippen molar-refractivity contribution in [3.8, 4) is 11.5 Å². The lowest BCUT2D eigenvalue weighted by Gasteiger charge is -2.13. The molecule has 0 fully saturated rings. The van der Waals surface area contributed by atoms with Crippen LogP contribution in [0.4, 0.5) is 13.2 Å². The molecule has 2 aromatic carbocycles. The number of carbonyl (C=O) groups excluding carboxylic acids is 2. The van der Waals surface area contributed by atoms with E-state index in [4.69, 9.17) is 9.47 Å². The highest BCUT2D eigenvalue weighted by molar-refractivity contribution is 5.97. The maximum absolute atomic E-state index is 13.0. The molecule has 0 aliphatic carbocycles. The van der Waals surface area contributed by atoms with Gasteiger partial charge in [-0.3, -0.25) is 9.59 Å². The molecule has 0 unspecified atom stereocenters. The molecule has 0 saturated heterocycles. The zero-order valence-corrected chi connectivity index (χ0v) is 15.9. The highest BCUT2D eigenvalue weighted by Gasteiger charge is 2.32. The average Bonchev–Trinajstić information content (AvgIpc) is 2.71. The molecule has 6 nitrogen and oxygen atoms in total. The van der Waals surface area contributed by atoms with Crippen molar-refractivity contribution in [1.82, 2.24) is 10.6 Å². The van der Waals surface area contributed by atoms with Gasteiger partial charge in [0.25, 0.3) is 5.91 Å². The molecular formula is C20H21F3N2O4. The summed E-state index contributed by atoms with van der Waals surface area (Å²) in [4.78, 5) is 24.0. The summed E-state index contributed by atoms with van der Waals surface area (Å²) in [5.74, 6) is -0.180. The van der Waals surface area contributed by atoms with Crippen molar-refractivity contribution in [3.05, 3.63) is 59.2 Å². The van der Waals surface area contributed by atoms with E-state index in [0.717, 1.165) is 6.07 Å². The first-order valence-corrected chi connectivity index (χ1v) is 8.68. The number of halogens is 3. The first-order valence-electron chi connectivity index (χ1n) is 8.68. The maximum atomic E-state index is 13.0. The topological polar surface area (TPSA) is 76.7 Å². The fourth-order valence-electron chi connectivity index (χ4n) is 2.65. The first kappa shape index (κ1) is 22.1. The Balaban J connectivity index is 1.84. The second-order valence-electron chi connectivity index (χ2n) is 6.01. The van der Waals surface area contributed by atoms with E-state index in [1.165, 1.54) is 44.6 Å². The molecule has 2 amide bonds. The summed E-state index contributed by atoms with van der Waals surface area (Å²) < 4.78 is 49.1. The molecule has 156 valence electrons. The molecule has 0 radical (unpaired) electrons. The van der Waals surface area contributed by atoms with Gasteiger partial charge in [0.2, 0.25) is 5.91 Å². The van der Waals surface area contributed by atoms with E-state index in [1.807, 2.05) is 0 Å². The van der Waals surface area contributed by atoms with Crippen LogP contribution >= 0.6 is 0 Å². The van der Waals surface area contributed by atoms with E-state index in [-0.39, 0.29) is 30.6 Å². The zero-order chi connectivity index (χ0) is 21.4. The van der Waals surface area contributed by atoms with Crippen LogP contribution in [0.2, 0.25) is 0 Å². The second kappa shape index (κ2) is 9.81. The van der Waals surface area contributed by atoms with E-state index in [9.17, 15) is 22.8 Å². The smallest absolute Gasteiger partial charge is 0.416 e. The molecule has 0 atom stereocenters. The number of hydrogen-bond donors (Lipinski definition) is 2. The van der Waals surface area contributed by atoms with Gasteiger partial charge in [-0.1, -0.05) is 18.2 Å². The van der Waals surface area contributed by atoms with Gasteiger partial charge in [0.15, 0.2) is 11.5 Å². The minimum Gasteiger partial charge on any atom is -0.493 e. The summed E-state index contributed by atoms with van der Waals surface area (Å²) in [6, 6.07) is 9.74. The minimum absolute atomic E-state index is 0.0121. The van der Waals surface area contributed by atoms with E-state index < -0.39 is 23.6 Å². The molecule has 2 aromatic rings. The van der Waals surface area contributed by atoms with Crippen LogP contribution in [0.1, 0.15) is 21.5 Å². The number of rotatable bonds is 8. The predicted molar refractivity (Wildman–Crippen MR) is 100 cm³/mol. The number of hydrogen-bond acceptors (Lipinski definition) is 4. The normalized spacial score (nSPS) is 10.9. The third-order valence-electron chi connectivity index (χ3n) is 4.09. The Labute approximate surface area is 166 Å². The van der Waals surface area contributed by atoms with Crippen molar-refractivity contribution < 1.29 is 32.2 Å². The highest BCUT2D eigenvalue weighted by Crippen LogP contribution is 2.32. The van der Waals surface area contributed by atoms with Crippen molar-refractivity contribution in [2.75, 3.05) is 27.3 Å². The number of ether oxygens (including phenoxy) is 2. The SMILES string of the molecule is COc1ccc(C(=O)NCC(=O)NCCc2ccccc2C(F)(F)F)cc1OC. The third kappa shape index (κ3) is 6.13. The van der Waals surface area contributed by atoms with Gasteiger partial charge in [0.1, 0.15) is 0 Å². The van der Waals surface area contributed by atoms with Gasteiger partial charge in [-0.15, -0.1) is 0 Å². The molecule has 2 rings (SSSR count). The number of amides is 2. The van der Waals surface area contributed by atoms with Gasteiger partial charge in [0.05, 0.1) is 26.3 Å². The van der Waals surface area contributed by atoms with Crippen LogP contribution in [0.15, 0.2) is 42.5 Å². The van der Waals surface area contributed by atoms with Gasteiger partial charge < -0.3 is 20.1 Å². The molecule has 0 bridgehead atoms. The lowest BCUT2D eigenvalue weighted by molar-refractivity contribution is -0.138. The molecule has 0 saturated carbocycles. The quantitative estimate of drug-likeness (QED) is 0.702. The van der Waals surface area contributed by atoms with Crippen LogP contribution in [0.3, 0.4) is 0 Å². The molecule has 0 aromatic heterocycles. The fourth-order valence-corrected chi connectivity index (χ4v) is 2.65. The van der Waals surface area contributed by atoms with Crippen molar-refractivity contribution in [2.45, 2.75) is 12.6 Å². The lowest BCUT2D eigenvalue weighted by Crippen LogP contribution is -2.37. The van der Waals surface area contributed by atoms with Gasteiger partial charge in [-0.2, -0.15) is 13.2 Å². The number of alkyl halides is 3. The molecule has 0 aliphatic rings. The maximum Gasteiger partial charge on any atom is 0.416 e. The van der Waals surface area contributed by atoms with E-state index in [1.54, 1.807) is 6.07 Å². The van der Waals surface area contributed by atoms with Crippen LogP contribution in [0, 0.1) is 0 Å². The molecular weight excluding hydrogens is 389 g/mol. The second-order valence-corrected chi connectivity index (χ2v) is 6.01. The summed E-state index contributed by atoms with van der Waals surface area (Å²) in [7, 11) is 2.90. The van der Waals surface area contributed by atoms with E-state index in [2.05, 4.69) is 10.6 Å². The third-order valence-corrected chi connectivity index (χ3v) is 4.09. The predicted octanol–water partition coefficient (Wildman–Crippen LogP) is 2.81. The summed E-state index contributed by atoms with van der Waals surface area (Å²) in [6.07, 6.45) is -4.43. The fraction of sp³-hybridized carbons (Fsp3) is 0.300. The highest BCUT2D eigenvalue weighted by atomic mass is 19.4. The number of nitrogens with one attached hydrogen (secondary N) is 2. The Morgan fingerprint density at radius 3 is 2.31 bits per heavy atom. The van der Waals surface area contributed by atoms with E-state index in [0.29, 0.717) is 11.5 Å². The number of methoxy groups -OCH3 is 2. The molecule has 0 aliphatic heterocycles. The summed E-state index contributed by atoms with van der Waals surface area (Å²) in [6.45, 7) is -0.299. The molecule has 29 heavy (non-hydrogen) atoms. The van der Waals surface area contributed by atoms with Gasteiger partial charge in [0, 0.05) is 12.1 Å². The van der Waals surface area contributed by atoms with Gasteiger partial charge >= 0.3 is 6.18 Å². The average molecular weight is 410 g/mol. The Bertz CT molecular complexity index is 869. The minimum atomic E-state index is -4.45. The van der Waals surface area contributed by atoms with Crippen molar-refractivity contribution in [1.29, 1.82) is 0 Å². The molecule has 0 spiro atoms. The van der Waals surface area contributed by atoms with Crippen molar-refractivity contribution in [3.63, 3.8) is 0 Å². The lowest BCUT2D eigenvalue weighted by atomic mass is 10.0. The van der Waals surface area contributed by atoms with Crippen LogP contribution in [0.5, 0.6) is 11.5 Å². The Morgan fingerprint density at radius 2 is 1.66 bits per heavy atom. The van der Waals surface area contributed by atoms with Crippen LogP contribution in [0.25, 0.3) is 0 Å².